The van der Waals surface area contributed by atoms with Crippen LogP contribution >= 0.6 is 23.4 Å². The Balaban J connectivity index is 1.48. The van der Waals surface area contributed by atoms with E-state index in [-0.39, 0.29) is 26.9 Å². The Bertz CT molecular complexity index is 1360. The number of hydrogen-bond donors (Lipinski definition) is 1. The molecule has 0 atom stereocenters. The van der Waals surface area contributed by atoms with Crippen LogP contribution in [0.15, 0.2) is 41.3 Å². The van der Waals surface area contributed by atoms with Gasteiger partial charge in [-0.1, -0.05) is 17.7 Å². The van der Waals surface area contributed by atoms with Crippen LogP contribution in [0.1, 0.15) is 15.9 Å². The molecule has 2 aromatic carbocycles. The summed E-state index contributed by atoms with van der Waals surface area (Å²) in [5.41, 5.74) is 0.927. The number of thioether (sulfide) groups is 1. The molecule has 0 aliphatic carbocycles. The summed E-state index contributed by atoms with van der Waals surface area (Å²) < 4.78 is 9.94. The molecule has 0 bridgehead atoms. The van der Waals surface area contributed by atoms with Crippen molar-refractivity contribution in [1.82, 2.24) is 4.90 Å². The second kappa shape index (κ2) is 11.6. The number of ether oxygens (including phenoxy) is 2. The molecular formula is C24H21ClN4O8S. The Hall–Kier alpha value is -3.94. The lowest BCUT2D eigenvalue weighted by atomic mass is 10.1. The van der Waals surface area contributed by atoms with Gasteiger partial charge in [-0.25, -0.2) is 4.79 Å². The predicted molar refractivity (Wildman–Crippen MR) is 140 cm³/mol. The molecule has 2 fully saturated rings. The number of nitrogens with zero attached hydrogens (tertiary/aromatic N) is 3. The third kappa shape index (κ3) is 5.96. The van der Waals surface area contributed by atoms with Crippen molar-refractivity contribution in [2.45, 2.75) is 0 Å². The number of imide groups is 1. The second-order valence-electron chi connectivity index (χ2n) is 8.11. The molecule has 14 heteroatoms. The van der Waals surface area contributed by atoms with Gasteiger partial charge in [0.05, 0.1) is 40.7 Å². The van der Waals surface area contributed by atoms with Crippen molar-refractivity contribution < 1.29 is 33.6 Å². The number of carbonyl (C=O) groups is 4. The summed E-state index contributed by atoms with van der Waals surface area (Å²) in [7, 11) is 1.19. The number of hydrogen-bond acceptors (Lipinski definition) is 10. The largest absolute Gasteiger partial charge is 0.465 e. The van der Waals surface area contributed by atoms with Crippen LogP contribution in [0.25, 0.3) is 6.08 Å². The molecule has 12 nitrogen and oxygen atoms in total. The maximum absolute atomic E-state index is 12.9. The van der Waals surface area contributed by atoms with Crippen LogP contribution in [0.2, 0.25) is 5.02 Å². The molecule has 4 rings (SSSR count). The van der Waals surface area contributed by atoms with Crippen molar-refractivity contribution in [2.24, 2.45) is 0 Å². The number of amides is 3. The summed E-state index contributed by atoms with van der Waals surface area (Å²) in [4.78, 5) is 63.5. The smallest absolute Gasteiger partial charge is 0.339 e. The van der Waals surface area contributed by atoms with E-state index in [9.17, 15) is 29.3 Å². The number of morpholine rings is 1. The molecule has 0 spiro atoms. The highest BCUT2D eigenvalue weighted by Crippen LogP contribution is 2.35. The van der Waals surface area contributed by atoms with E-state index < -0.39 is 34.5 Å². The maximum atomic E-state index is 12.9. The Morgan fingerprint density at radius 2 is 1.95 bits per heavy atom. The average molecular weight is 561 g/mol. The van der Waals surface area contributed by atoms with Gasteiger partial charge < -0.3 is 19.7 Å². The quantitative estimate of drug-likeness (QED) is 0.230. The highest BCUT2D eigenvalue weighted by atomic mass is 35.5. The average Bonchev–Trinajstić information content (AvgIpc) is 3.16. The highest BCUT2D eigenvalue weighted by Gasteiger charge is 2.36. The van der Waals surface area contributed by atoms with E-state index in [1.807, 2.05) is 4.90 Å². The number of anilines is 2. The fraction of sp³-hybridized carbons (Fsp3) is 0.250. The number of nitrogens with one attached hydrogen (secondary N) is 1. The summed E-state index contributed by atoms with van der Waals surface area (Å²) in [5, 5.41) is 13.7. The molecular weight excluding hydrogens is 540 g/mol. The second-order valence-corrected chi connectivity index (χ2v) is 9.51. The van der Waals surface area contributed by atoms with Crippen molar-refractivity contribution in [2.75, 3.05) is 50.2 Å². The lowest BCUT2D eigenvalue weighted by Gasteiger charge is -2.28. The first-order valence-electron chi connectivity index (χ1n) is 11.2. The number of methoxy groups -OCH3 is 1. The number of halogens is 1. The van der Waals surface area contributed by atoms with E-state index in [0.717, 1.165) is 4.90 Å². The minimum Gasteiger partial charge on any atom is -0.465 e. The number of benzene rings is 2. The van der Waals surface area contributed by atoms with Gasteiger partial charge in [-0.2, -0.15) is 0 Å². The Morgan fingerprint density at radius 1 is 1.21 bits per heavy atom. The third-order valence-corrected chi connectivity index (χ3v) is 6.91. The maximum Gasteiger partial charge on any atom is 0.339 e. The number of carbonyl (C=O) groups excluding carboxylic acids is 4. The van der Waals surface area contributed by atoms with Gasteiger partial charge in [0, 0.05) is 24.8 Å². The SMILES string of the molecule is COC(=O)c1cc(NC(=O)CN2C(=O)S/C(=C\c3ccc(N4CCOCC4)c([N+](=O)[O-])c3)C2=O)ccc1Cl. The van der Waals surface area contributed by atoms with E-state index in [1.165, 1.54) is 37.5 Å². The highest BCUT2D eigenvalue weighted by molar-refractivity contribution is 8.18. The number of nitro benzene ring substituents is 1. The molecule has 2 saturated heterocycles. The van der Waals surface area contributed by atoms with Crippen molar-refractivity contribution >= 4 is 69.5 Å². The van der Waals surface area contributed by atoms with Crippen molar-refractivity contribution in [3.05, 3.63) is 67.6 Å². The molecule has 38 heavy (non-hydrogen) atoms. The van der Waals surface area contributed by atoms with E-state index >= 15 is 0 Å². The Kier molecular flexibility index (Phi) is 8.29. The number of esters is 1. The topological polar surface area (TPSA) is 148 Å². The molecule has 198 valence electrons. The van der Waals surface area contributed by atoms with E-state index in [2.05, 4.69) is 10.1 Å². The van der Waals surface area contributed by atoms with Gasteiger partial charge in [-0.15, -0.1) is 0 Å². The lowest BCUT2D eigenvalue weighted by molar-refractivity contribution is -0.384. The first-order chi connectivity index (χ1) is 18.2. The Labute approximate surface area is 225 Å². The van der Waals surface area contributed by atoms with Crippen LogP contribution < -0.4 is 10.2 Å². The van der Waals surface area contributed by atoms with Gasteiger partial charge in [-0.3, -0.25) is 29.4 Å². The van der Waals surface area contributed by atoms with E-state index in [0.29, 0.717) is 49.3 Å². The standard InChI is InChI=1S/C24H21ClN4O8S/c1-36-23(32)16-12-15(3-4-17(16)25)26-21(30)13-28-22(31)20(38-24(28)33)11-14-2-5-18(19(10-14)29(34)35)27-6-8-37-9-7-27/h2-5,10-12H,6-9,13H2,1H3,(H,26,30)/b20-11-. The summed E-state index contributed by atoms with van der Waals surface area (Å²) in [6.45, 7) is 1.38. The molecule has 0 aromatic heterocycles. The van der Waals surface area contributed by atoms with E-state index in [1.54, 1.807) is 12.1 Å². The van der Waals surface area contributed by atoms with Gasteiger partial charge >= 0.3 is 5.97 Å². The first kappa shape index (κ1) is 27.1. The minimum absolute atomic E-state index is 0.0238. The first-order valence-corrected chi connectivity index (χ1v) is 12.4. The fourth-order valence-corrected chi connectivity index (χ4v) is 4.88. The number of nitro groups is 1. The van der Waals surface area contributed by atoms with Gasteiger partial charge in [-0.05, 0) is 47.7 Å². The third-order valence-electron chi connectivity index (χ3n) is 5.68. The van der Waals surface area contributed by atoms with Crippen LogP contribution in [0.3, 0.4) is 0 Å². The summed E-state index contributed by atoms with van der Waals surface area (Å²) >= 11 is 6.60. The Morgan fingerprint density at radius 3 is 2.63 bits per heavy atom. The molecule has 0 radical (unpaired) electrons. The van der Waals surface area contributed by atoms with Gasteiger partial charge in [0.25, 0.3) is 16.8 Å². The number of rotatable bonds is 7. The molecule has 2 aliphatic heterocycles. The van der Waals surface area contributed by atoms with Gasteiger partial charge in [0.2, 0.25) is 5.91 Å². The zero-order valence-electron chi connectivity index (χ0n) is 20.0. The minimum atomic E-state index is -0.707. The molecule has 2 heterocycles. The van der Waals surface area contributed by atoms with Crippen LogP contribution in [0.4, 0.5) is 21.9 Å². The van der Waals surface area contributed by atoms with E-state index in [4.69, 9.17) is 16.3 Å². The predicted octanol–water partition coefficient (Wildman–Crippen LogP) is 3.55. The molecule has 3 amide bonds. The van der Waals surface area contributed by atoms with Crippen LogP contribution in [-0.2, 0) is 19.1 Å². The van der Waals surface area contributed by atoms with Crippen molar-refractivity contribution in [1.29, 1.82) is 0 Å². The van der Waals surface area contributed by atoms with Crippen LogP contribution in [-0.4, -0.2) is 72.8 Å². The lowest BCUT2D eigenvalue weighted by Crippen LogP contribution is -2.36. The molecule has 1 N–H and O–H groups in total. The van der Waals surface area contributed by atoms with Gasteiger partial charge in [0.1, 0.15) is 12.2 Å². The molecule has 0 saturated carbocycles. The van der Waals surface area contributed by atoms with Crippen molar-refractivity contribution in [3.63, 3.8) is 0 Å². The summed E-state index contributed by atoms with van der Waals surface area (Å²) in [6.07, 6.45) is 1.38. The van der Waals surface area contributed by atoms with Crippen molar-refractivity contribution in [3.8, 4) is 0 Å². The van der Waals surface area contributed by atoms with Crippen LogP contribution in [0.5, 0.6) is 0 Å². The molecule has 2 aliphatic rings. The molecule has 2 aromatic rings. The van der Waals surface area contributed by atoms with Crippen LogP contribution in [0, 0.1) is 10.1 Å². The summed E-state index contributed by atoms with van der Waals surface area (Å²) in [5.74, 6) is -2.08. The molecule has 0 unspecified atom stereocenters. The summed E-state index contributed by atoms with van der Waals surface area (Å²) in [6, 6.07) is 8.72. The van der Waals surface area contributed by atoms with Gasteiger partial charge in [0.15, 0.2) is 0 Å². The fourth-order valence-electron chi connectivity index (χ4n) is 3.85. The zero-order chi connectivity index (χ0) is 27.4. The zero-order valence-corrected chi connectivity index (χ0v) is 21.5. The monoisotopic (exact) mass is 560 g/mol. The normalized spacial score (nSPS) is 16.6.